The SMILES string of the molecule is CC[C@@]1(C)C(=O)OCc2c1cc1n(c2=O)Cc2c-1nc1cc(F)c(C)c3c1c2[C@@H](NC(=O)COCNC(=O)CNC(=O)[C@H](Cc1ccccc1)NC(=O)[C@H](CS)NC(=O)[C@@H](NC(=O)CCCCCN1C(=O)C=CC1=O)C(C)C)CC3. The first-order chi connectivity index (χ1) is 38.2. The number of unbranched alkanes of at least 4 members (excludes halogenated alkanes) is 2. The number of imide groups is 1. The van der Waals surface area contributed by atoms with Gasteiger partial charge < -0.3 is 45.9 Å². The fourth-order valence-electron chi connectivity index (χ4n) is 10.7. The van der Waals surface area contributed by atoms with Crippen molar-refractivity contribution >= 4 is 76.8 Å². The van der Waals surface area contributed by atoms with Crippen molar-refractivity contribution < 1.29 is 57.0 Å². The molecule has 0 fully saturated rings. The van der Waals surface area contributed by atoms with Crippen LogP contribution in [0.5, 0.6) is 0 Å². The molecule has 0 unspecified atom stereocenters. The number of carbonyl (C=O) groups is 9. The molecular formula is C57H66FN9O12S. The van der Waals surface area contributed by atoms with E-state index in [1.54, 1.807) is 62.6 Å². The van der Waals surface area contributed by atoms with Crippen LogP contribution in [-0.4, -0.2) is 118 Å². The van der Waals surface area contributed by atoms with E-state index in [1.807, 2.05) is 13.0 Å². The molecule has 8 amide bonds. The maximum absolute atomic E-state index is 15.4. The van der Waals surface area contributed by atoms with Crippen LogP contribution in [0.3, 0.4) is 0 Å². The first-order valence-corrected chi connectivity index (χ1v) is 27.5. The van der Waals surface area contributed by atoms with E-state index in [2.05, 4.69) is 44.5 Å². The number of hydrogen-bond acceptors (Lipinski definition) is 14. The highest BCUT2D eigenvalue weighted by molar-refractivity contribution is 7.80. The van der Waals surface area contributed by atoms with E-state index in [0.717, 1.165) is 10.5 Å². The summed E-state index contributed by atoms with van der Waals surface area (Å²) in [7, 11) is 0. The van der Waals surface area contributed by atoms with Crippen LogP contribution in [0.1, 0.15) is 111 Å². The zero-order valence-corrected chi connectivity index (χ0v) is 46.1. The number of hydrogen-bond donors (Lipinski definition) is 7. The van der Waals surface area contributed by atoms with Crippen LogP contribution in [0.15, 0.2) is 59.4 Å². The van der Waals surface area contributed by atoms with Gasteiger partial charge in [-0.05, 0) is 85.8 Å². The first-order valence-electron chi connectivity index (χ1n) is 26.8. The lowest BCUT2D eigenvalue weighted by atomic mass is 9.76. The lowest BCUT2D eigenvalue weighted by molar-refractivity contribution is -0.153. The Bertz CT molecular complexity index is 3240. The van der Waals surface area contributed by atoms with Crippen LogP contribution in [0.25, 0.3) is 22.3 Å². The average Bonchev–Trinajstić information content (AvgIpc) is 4.16. The maximum atomic E-state index is 15.4. The van der Waals surface area contributed by atoms with E-state index in [4.69, 9.17) is 14.5 Å². The summed E-state index contributed by atoms with van der Waals surface area (Å²) in [6.07, 6.45) is 5.24. The van der Waals surface area contributed by atoms with E-state index in [0.29, 0.717) is 94.2 Å². The Morgan fingerprint density at radius 2 is 1.60 bits per heavy atom. The van der Waals surface area contributed by atoms with Crippen LogP contribution in [0, 0.1) is 18.7 Å². The lowest BCUT2D eigenvalue weighted by Gasteiger charge is -2.33. The molecule has 5 atom stereocenters. The standard InChI is InChI=1S/C57H66FN9O12S/c1-6-57(5)36-22-42-51-34(25-67(42)55(76)35(36)26-79-56(57)77)49-38(17-16-33-31(4)37(58)23-39(62-51)48(33)49)61-45(70)27-78-29-60-44(69)24-59-52(73)40(21-32-13-9-7-10-14-32)63-53(74)41(28-80)64-54(75)50(30(2)3)65-43(68)15-11-8-12-20-66-46(71)18-19-47(66)72/h7,9-10,13-14,18-19,22-23,30,38,40-41,50,80H,6,8,11-12,15-17,20-21,24-29H2,1-5H3,(H,59,73)(H,60,69)(H,61,70)(H,63,74)(H,64,75)(H,65,68)/t38-,40-,41-,50-,57+/m0/s1. The summed E-state index contributed by atoms with van der Waals surface area (Å²) >= 11 is 4.29. The number of carbonyl (C=O) groups excluding carboxylic acids is 9. The van der Waals surface area contributed by atoms with E-state index < -0.39 is 96.7 Å². The van der Waals surface area contributed by atoms with Crippen LogP contribution in [-0.2, 0) is 84.0 Å². The van der Waals surface area contributed by atoms with Crippen molar-refractivity contribution in [3.8, 4) is 11.4 Å². The molecule has 0 bridgehead atoms. The largest absolute Gasteiger partial charge is 0.460 e. The molecule has 0 saturated heterocycles. The molecule has 2 aromatic heterocycles. The molecule has 0 spiro atoms. The number of halogens is 1. The number of fused-ring (bicyclic) bond motifs is 5. The van der Waals surface area contributed by atoms with Crippen LogP contribution >= 0.6 is 12.6 Å². The second-order valence-corrected chi connectivity index (χ2v) is 21.4. The van der Waals surface area contributed by atoms with Gasteiger partial charge in [0.15, 0.2) is 0 Å². The van der Waals surface area contributed by atoms with Gasteiger partial charge >= 0.3 is 5.97 Å². The Kier molecular flexibility index (Phi) is 18.3. The molecule has 80 heavy (non-hydrogen) atoms. The number of rotatable bonds is 24. The normalized spacial score (nSPS) is 17.9. The van der Waals surface area contributed by atoms with Gasteiger partial charge in [0.2, 0.25) is 35.4 Å². The Morgan fingerprint density at radius 1 is 0.875 bits per heavy atom. The third-order valence-corrected chi connectivity index (χ3v) is 15.7. The minimum absolute atomic E-state index is 0.0119. The molecule has 4 aliphatic rings. The molecule has 0 saturated carbocycles. The van der Waals surface area contributed by atoms with Crippen molar-refractivity contribution in [2.75, 3.05) is 32.2 Å². The zero-order chi connectivity index (χ0) is 57.6. The van der Waals surface area contributed by atoms with Crippen molar-refractivity contribution in [2.45, 2.75) is 129 Å². The topological polar surface area (TPSA) is 282 Å². The molecule has 3 aliphatic heterocycles. The number of pyridine rings is 2. The Morgan fingerprint density at radius 3 is 2.30 bits per heavy atom. The summed E-state index contributed by atoms with van der Waals surface area (Å²) in [6, 6.07) is 7.91. The molecule has 21 nitrogen and oxygen atoms in total. The van der Waals surface area contributed by atoms with Gasteiger partial charge in [0.1, 0.15) is 43.9 Å². The number of cyclic esters (lactones) is 1. The minimum Gasteiger partial charge on any atom is -0.460 e. The van der Waals surface area contributed by atoms with E-state index >= 15 is 4.39 Å². The number of esters is 1. The summed E-state index contributed by atoms with van der Waals surface area (Å²) in [5, 5.41) is 16.8. The van der Waals surface area contributed by atoms with Gasteiger partial charge in [0, 0.05) is 54.3 Å². The van der Waals surface area contributed by atoms with Gasteiger partial charge in [0.05, 0.1) is 47.0 Å². The zero-order valence-electron chi connectivity index (χ0n) is 45.3. The Labute approximate surface area is 466 Å². The average molecular weight is 1120 g/mol. The van der Waals surface area contributed by atoms with Crippen molar-refractivity contribution in [2.24, 2.45) is 5.92 Å². The predicted octanol–water partition coefficient (Wildman–Crippen LogP) is 2.68. The predicted molar refractivity (Wildman–Crippen MR) is 293 cm³/mol. The number of thiol groups is 1. The fourth-order valence-corrected chi connectivity index (χ4v) is 10.9. The summed E-state index contributed by atoms with van der Waals surface area (Å²) in [6.45, 7) is 7.53. The fraction of sp³-hybridized carbons (Fsp3) is 0.456. The van der Waals surface area contributed by atoms with E-state index in [9.17, 15) is 47.9 Å². The smallest absolute Gasteiger partial charge is 0.316 e. The highest BCUT2D eigenvalue weighted by atomic mass is 32.1. The molecule has 1 aliphatic carbocycles. The number of benzene rings is 2. The van der Waals surface area contributed by atoms with E-state index in [-0.39, 0.29) is 61.6 Å². The van der Waals surface area contributed by atoms with Gasteiger partial charge in [-0.25, -0.2) is 9.37 Å². The molecule has 5 heterocycles. The molecule has 0 radical (unpaired) electrons. The number of amides is 8. The Balaban J connectivity index is 0.839. The molecule has 23 heteroatoms. The van der Waals surface area contributed by atoms with Crippen LogP contribution in [0.4, 0.5) is 4.39 Å². The highest BCUT2D eigenvalue weighted by Crippen LogP contribution is 2.46. The van der Waals surface area contributed by atoms with Crippen molar-refractivity contribution in [3.05, 3.63) is 110 Å². The first kappa shape index (κ1) is 58.4. The third-order valence-electron chi connectivity index (χ3n) is 15.4. The van der Waals surface area contributed by atoms with Gasteiger partial charge in [0.25, 0.3) is 17.4 Å². The number of nitrogens with one attached hydrogen (secondary N) is 6. The van der Waals surface area contributed by atoms with Crippen LogP contribution in [0.2, 0.25) is 0 Å². The molecule has 424 valence electrons. The second-order valence-electron chi connectivity index (χ2n) is 21.0. The van der Waals surface area contributed by atoms with Crippen molar-refractivity contribution in [3.63, 3.8) is 0 Å². The maximum Gasteiger partial charge on any atom is 0.316 e. The number of aromatic nitrogens is 2. The Hall–Kier alpha value is -7.79. The summed E-state index contributed by atoms with van der Waals surface area (Å²) < 4.78 is 28.0. The van der Waals surface area contributed by atoms with Gasteiger partial charge in [-0.2, -0.15) is 12.6 Å². The summed E-state index contributed by atoms with van der Waals surface area (Å²) in [5.74, 6) is -5.86. The van der Waals surface area contributed by atoms with Crippen molar-refractivity contribution in [1.82, 2.24) is 46.4 Å². The number of nitrogens with zero attached hydrogens (tertiary/aromatic N) is 3. The summed E-state index contributed by atoms with van der Waals surface area (Å²) in [4.78, 5) is 137. The van der Waals surface area contributed by atoms with Gasteiger partial charge in [-0.15, -0.1) is 0 Å². The van der Waals surface area contributed by atoms with E-state index in [1.165, 1.54) is 18.2 Å². The second kappa shape index (κ2) is 25.1. The molecule has 8 rings (SSSR count). The number of ether oxygens (including phenoxy) is 2. The third kappa shape index (κ3) is 12.5. The monoisotopic (exact) mass is 1120 g/mol. The van der Waals surface area contributed by atoms with Crippen molar-refractivity contribution in [1.29, 1.82) is 0 Å². The van der Waals surface area contributed by atoms with Gasteiger partial charge in [-0.1, -0.05) is 57.5 Å². The molecular weight excluding hydrogens is 1050 g/mol. The minimum atomic E-state index is -1.23. The summed E-state index contributed by atoms with van der Waals surface area (Å²) in [5.41, 5.74) is 4.20. The highest BCUT2D eigenvalue weighted by Gasteiger charge is 2.44. The lowest BCUT2D eigenvalue weighted by Crippen LogP contribution is -2.58. The molecule has 2 aromatic carbocycles. The molecule has 4 aromatic rings. The number of aryl methyl sites for hydroxylation is 1. The quantitative estimate of drug-likeness (QED) is 0.0154. The van der Waals surface area contributed by atoms with Crippen LogP contribution < -0.4 is 37.5 Å². The molecule has 6 N–H and O–H groups in total. The van der Waals surface area contributed by atoms with Gasteiger partial charge in [-0.3, -0.25) is 52.8 Å².